The molecule has 0 bridgehead atoms. The van der Waals surface area contributed by atoms with Crippen LogP contribution in [0.2, 0.25) is 5.02 Å². The van der Waals surface area contributed by atoms with Crippen LogP contribution in [0, 0.1) is 5.92 Å². The van der Waals surface area contributed by atoms with Crippen LogP contribution in [0.5, 0.6) is 5.75 Å². The zero-order valence-corrected chi connectivity index (χ0v) is 12.1. The zero-order chi connectivity index (χ0) is 14.4. The van der Waals surface area contributed by atoms with E-state index in [9.17, 15) is 9.90 Å². The van der Waals surface area contributed by atoms with E-state index in [0.717, 1.165) is 0 Å². The number of amides is 1. The molecule has 4 nitrogen and oxygen atoms in total. The number of aliphatic hydroxyl groups is 1. The minimum atomic E-state index is -0.673. The van der Waals surface area contributed by atoms with E-state index in [4.69, 9.17) is 16.3 Å². The van der Waals surface area contributed by atoms with Crippen molar-refractivity contribution in [1.82, 2.24) is 5.32 Å². The number of hydrogen-bond donors (Lipinski definition) is 2. The molecule has 1 rings (SSSR count). The summed E-state index contributed by atoms with van der Waals surface area (Å²) >= 11 is 5.96. The molecule has 0 aromatic heterocycles. The lowest BCUT2D eigenvalue weighted by atomic mass is 10.1. The van der Waals surface area contributed by atoms with Gasteiger partial charge in [0, 0.05) is 0 Å². The Labute approximate surface area is 118 Å². The van der Waals surface area contributed by atoms with Crippen LogP contribution in [0.25, 0.3) is 0 Å². The van der Waals surface area contributed by atoms with Gasteiger partial charge in [-0.05, 0) is 25.0 Å². The zero-order valence-electron chi connectivity index (χ0n) is 11.4. The summed E-state index contributed by atoms with van der Waals surface area (Å²) in [6, 6.07) is 6.71. The van der Waals surface area contributed by atoms with Crippen molar-refractivity contribution >= 4 is 17.5 Å². The fourth-order valence-electron chi connectivity index (χ4n) is 1.51. The fourth-order valence-corrected chi connectivity index (χ4v) is 1.69. The third-order valence-electron chi connectivity index (χ3n) is 2.84. The molecule has 2 atom stereocenters. The lowest BCUT2D eigenvalue weighted by Gasteiger charge is -2.22. The monoisotopic (exact) mass is 285 g/mol. The van der Waals surface area contributed by atoms with Crippen molar-refractivity contribution < 1.29 is 14.6 Å². The number of para-hydroxylation sites is 1. The molecule has 1 unspecified atom stereocenters. The Morgan fingerprint density at radius 2 is 2.00 bits per heavy atom. The number of nitrogens with one attached hydrogen (secondary N) is 1. The lowest BCUT2D eigenvalue weighted by Crippen LogP contribution is -2.46. The van der Waals surface area contributed by atoms with Gasteiger partial charge in [-0.1, -0.05) is 37.6 Å². The van der Waals surface area contributed by atoms with Crippen molar-refractivity contribution in [3.05, 3.63) is 29.3 Å². The van der Waals surface area contributed by atoms with Crippen molar-refractivity contribution in [2.75, 3.05) is 6.61 Å². The van der Waals surface area contributed by atoms with E-state index in [1.54, 1.807) is 31.2 Å². The fraction of sp³-hybridized carbons (Fsp3) is 0.500. The summed E-state index contributed by atoms with van der Waals surface area (Å²) in [5, 5.41) is 12.4. The molecule has 0 aliphatic carbocycles. The van der Waals surface area contributed by atoms with Crippen LogP contribution in [0.4, 0.5) is 0 Å². The highest BCUT2D eigenvalue weighted by Gasteiger charge is 2.21. The molecule has 1 aromatic rings. The predicted octanol–water partition coefficient (Wildman–Crippen LogP) is 2.24. The Morgan fingerprint density at radius 3 is 2.53 bits per heavy atom. The van der Waals surface area contributed by atoms with Gasteiger partial charge in [0.1, 0.15) is 5.75 Å². The van der Waals surface area contributed by atoms with Crippen LogP contribution in [0.15, 0.2) is 24.3 Å². The van der Waals surface area contributed by atoms with Crippen molar-refractivity contribution in [2.45, 2.75) is 32.9 Å². The van der Waals surface area contributed by atoms with Crippen LogP contribution >= 0.6 is 11.6 Å². The molecular formula is C14H20ClNO3. The number of carbonyl (C=O) groups is 1. The van der Waals surface area contributed by atoms with Gasteiger partial charge in [0.2, 0.25) is 0 Å². The molecule has 0 aliphatic heterocycles. The predicted molar refractivity (Wildman–Crippen MR) is 75.4 cm³/mol. The second-order valence-corrected chi connectivity index (χ2v) is 5.14. The molecule has 0 radical (unpaired) electrons. The number of halogens is 1. The van der Waals surface area contributed by atoms with E-state index in [2.05, 4.69) is 5.32 Å². The largest absolute Gasteiger partial charge is 0.479 e. The van der Waals surface area contributed by atoms with Gasteiger partial charge in [0.25, 0.3) is 5.91 Å². The smallest absolute Gasteiger partial charge is 0.261 e. The first kappa shape index (κ1) is 15.8. The quantitative estimate of drug-likeness (QED) is 0.843. The number of hydrogen-bond acceptors (Lipinski definition) is 3. The minimum absolute atomic E-state index is 0.0950. The van der Waals surface area contributed by atoms with E-state index in [1.807, 2.05) is 13.8 Å². The van der Waals surface area contributed by atoms with Crippen molar-refractivity contribution in [1.29, 1.82) is 0 Å². The van der Waals surface area contributed by atoms with Crippen molar-refractivity contribution in [2.24, 2.45) is 5.92 Å². The van der Waals surface area contributed by atoms with Gasteiger partial charge in [-0.25, -0.2) is 0 Å². The van der Waals surface area contributed by atoms with Gasteiger partial charge in [-0.15, -0.1) is 0 Å². The molecule has 5 heteroatoms. The van der Waals surface area contributed by atoms with Crippen LogP contribution in [0.3, 0.4) is 0 Å². The van der Waals surface area contributed by atoms with E-state index in [0.29, 0.717) is 10.8 Å². The molecule has 0 heterocycles. The Kier molecular flexibility index (Phi) is 6.12. The second-order valence-electron chi connectivity index (χ2n) is 4.73. The van der Waals surface area contributed by atoms with Crippen LogP contribution in [0.1, 0.15) is 20.8 Å². The average Bonchev–Trinajstić information content (AvgIpc) is 2.37. The summed E-state index contributed by atoms with van der Waals surface area (Å²) < 4.78 is 5.51. The van der Waals surface area contributed by atoms with E-state index >= 15 is 0 Å². The maximum atomic E-state index is 11.9. The summed E-state index contributed by atoms with van der Waals surface area (Å²) in [6.07, 6.45) is -0.673. The molecule has 106 valence electrons. The molecule has 0 fully saturated rings. The first-order valence-electron chi connectivity index (χ1n) is 6.28. The minimum Gasteiger partial charge on any atom is -0.479 e. The Morgan fingerprint density at radius 1 is 1.37 bits per heavy atom. The van der Waals surface area contributed by atoms with Crippen molar-refractivity contribution in [3.63, 3.8) is 0 Å². The normalized spacial score (nSPS) is 14.0. The molecule has 0 spiro atoms. The number of carbonyl (C=O) groups excluding carboxylic acids is 1. The van der Waals surface area contributed by atoms with E-state index in [1.165, 1.54) is 0 Å². The topological polar surface area (TPSA) is 58.6 Å². The van der Waals surface area contributed by atoms with Gasteiger partial charge >= 0.3 is 0 Å². The molecule has 0 aliphatic rings. The number of benzene rings is 1. The summed E-state index contributed by atoms with van der Waals surface area (Å²) in [6.45, 7) is 5.41. The Hall–Kier alpha value is -1.26. The van der Waals surface area contributed by atoms with Gasteiger partial charge < -0.3 is 15.2 Å². The third-order valence-corrected chi connectivity index (χ3v) is 3.15. The van der Waals surface area contributed by atoms with Gasteiger partial charge in [-0.3, -0.25) is 4.79 Å². The maximum absolute atomic E-state index is 11.9. The summed E-state index contributed by atoms with van der Waals surface area (Å²) in [4.78, 5) is 11.9. The molecule has 0 saturated carbocycles. The average molecular weight is 286 g/mol. The highest BCUT2D eigenvalue weighted by Crippen LogP contribution is 2.24. The Balaban J connectivity index is 2.60. The lowest BCUT2D eigenvalue weighted by molar-refractivity contribution is -0.128. The molecule has 0 saturated heterocycles. The van der Waals surface area contributed by atoms with Gasteiger partial charge in [0.15, 0.2) is 6.10 Å². The van der Waals surface area contributed by atoms with E-state index in [-0.39, 0.29) is 24.5 Å². The summed E-state index contributed by atoms with van der Waals surface area (Å²) in [5.74, 6) is 0.353. The Bertz CT molecular complexity index is 423. The molecule has 1 aromatic carbocycles. The first-order chi connectivity index (χ1) is 8.95. The second kappa shape index (κ2) is 7.36. The van der Waals surface area contributed by atoms with Crippen LogP contribution < -0.4 is 10.1 Å². The number of ether oxygens (including phenoxy) is 1. The highest BCUT2D eigenvalue weighted by molar-refractivity contribution is 6.32. The van der Waals surface area contributed by atoms with E-state index < -0.39 is 6.10 Å². The SMILES string of the molecule is CC(Oc1ccccc1Cl)C(=O)N[C@H](CO)C(C)C. The third kappa shape index (κ3) is 4.73. The van der Waals surface area contributed by atoms with Crippen molar-refractivity contribution in [3.8, 4) is 5.75 Å². The number of aliphatic hydroxyl groups excluding tert-OH is 1. The molecule has 2 N–H and O–H groups in total. The number of rotatable bonds is 6. The van der Waals surface area contributed by atoms with Gasteiger partial charge in [-0.2, -0.15) is 0 Å². The first-order valence-corrected chi connectivity index (χ1v) is 6.66. The molecule has 19 heavy (non-hydrogen) atoms. The summed E-state index contributed by atoms with van der Waals surface area (Å²) in [7, 11) is 0. The highest BCUT2D eigenvalue weighted by atomic mass is 35.5. The van der Waals surface area contributed by atoms with Gasteiger partial charge in [0.05, 0.1) is 17.7 Å². The maximum Gasteiger partial charge on any atom is 0.261 e. The summed E-state index contributed by atoms with van der Waals surface area (Å²) in [5.41, 5.74) is 0. The standard InChI is InChI=1S/C14H20ClNO3/c1-9(2)12(8-17)16-14(18)10(3)19-13-7-5-4-6-11(13)15/h4-7,9-10,12,17H,8H2,1-3H3,(H,16,18)/t10?,12-/m1/s1. The molecular weight excluding hydrogens is 266 g/mol. The molecule has 1 amide bonds. The van der Waals surface area contributed by atoms with Crippen LogP contribution in [-0.2, 0) is 4.79 Å². The van der Waals surface area contributed by atoms with Crippen LogP contribution in [-0.4, -0.2) is 29.8 Å².